The van der Waals surface area contributed by atoms with Crippen molar-refractivity contribution in [3.63, 3.8) is 0 Å². The highest BCUT2D eigenvalue weighted by molar-refractivity contribution is 7.99. The molecule has 120 valence electrons. The fraction of sp³-hybridized carbons (Fsp3) is 0.643. The summed E-state index contributed by atoms with van der Waals surface area (Å²) >= 11 is 3.27. The Bertz CT molecular complexity index is 517. The Morgan fingerprint density at radius 2 is 2.41 bits per heavy atom. The second-order valence-corrected chi connectivity index (χ2v) is 7.55. The van der Waals surface area contributed by atoms with Crippen molar-refractivity contribution in [1.82, 2.24) is 15.2 Å². The van der Waals surface area contributed by atoms with Gasteiger partial charge in [0.1, 0.15) is 6.04 Å². The SMILES string of the molecule is O=C(Nc1nccs1)C1CCCN1C(=O)CC1CSCCN1. The quantitative estimate of drug-likeness (QED) is 0.861. The molecule has 0 saturated carbocycles. The molecule has 8 heteroatoms. The van der Waals surface area contributed by atoms with Gasteiger partial charge in [-0.1, -0.05) is 0 Å². The van der Waals surface area contributed by atoms with E-state index in [-0.39, 0.29) is 23.9 Å². The average Bonchev–Trinajstić information content (AvgIpc) is 3.19. The van der Waals surface area contributed by atoms with Crippen LogP contribution >= 0.6 is 23.1 Å². The lowest BCUT2D eigenvalue weighted by Gasteiger charge is -2.28. The van der Waals surface area contributed by atoms with Gasteiger partial charge in [0.15, 0.2) is 5.13 Å². The molecule has 2 amide bonds. The highest BCUT2D eigenvalue weighted by atomic mass is 32.2. The molecule has 0 radical (unpaired) electrons. The number of nitrogens with zero attached hydrogens (tertiary/aromatic N) is 2. The van der Waals surface area contributed by atoms with Crippen LogP contribution in [-0.2, 0) is 9.59 Å². The maximum Gasteiger partial charge on any atom is 0.248 e. The Balaban J connectivity index is 1.57. The van der Waals surface area contributed by atoms with Crippen LogP contribution < -0.4 is 10.6 Å². The van der Waals surface area contributed by atoms with Gasteiger partial charge in [-0.25, -0.2) is 4.98 Å². The fourth-order valence-electron chi connectivity index (χ4n) is 2.89. The van der Waals surface area contributed by atoms with E-state index in [1.807, 2.05) is 17.1 Å². The Kier molecular flexibility index (Phi) is 5.32. The summed E-state index contributed by atoms with van der Waals surface area (Å²) in [4.78, 5) is 30.7. The molecule has 0 aliphatic carbocycles. The van der Waals surface area contributed by atoms with E-state index in [2.05, 4.69) is 15.6 Å². The standard InChI is InChI=1S/C14H20N4O2S2/c19-12(8-10-9-21-6-3-15-10)18-5-1-2-11(18)13(20)17-14-16-4-7-22-14/h4,7,10-11,15H,1-3,5-6,8-9H2,(H,16,17,20). The number of anilines is 1. The molecule has 3 rings (SSSR count). The number of thioether (sulfide) groups is 1. The molecule has 2 atom stereocenters. The van der Waals surface area contributed by atoms with Crippen LogP contribution in [0.4, 0.5) is 5.13 Å². The Hall–Kier alpha value is -1.12. The van der Waals surface area contributed by atoms with E-state index in [1.54, 1.807) is 11.1 Å². The summed E-state index contributed by atoms with van der Waals surface area (Å²) < 4.78 is 0. The molecule has 3 heterocycles. The van der Waals surface area contributed by atoms with Gasteiger partial charge in [-0.05, 0) is 12.8 Å². The second-order valence-electron chi connectivity index (χ2n) is 5.50. The lowest BCUT2D eigenvalue weighted by molar-refractivity contribution is -0.137. The summed E-state index contributed by atoms with van der Waals surface area (Å²) in [6, 6.07) is -0.123. The number of nitrogens with one attached hydrogen (secondary N) is 2. The van der Waals surface area contributed by atoms with E-state index in [1.165, 1.54) is 11.3 Å². The minimum absolute atomic E-state index is 0.0804. The number of hydrogen-bond acceptors (Lipinski definition) is 6. The molecule has 2 saturated heterocycles. The summed E-state index contributed by atoms with van der Waals surface area (Å²) in [5.41, 5.74) is 0. The first-order chi connectivity index (χ1) is 10.7. The van der Waals surface area contributed by atoms with E-state index < -0.39 is 0 Å². The molecule has 0 spiro atoms. The number of aromatic nitrogens is 1. The number of likely N-dealkylation sites (tertiary alicyclic amines) is 1. The van der Waals surface area contributed by atoms with Crippen molar-refractivity contribution >= 4 is 40.0 Å². The largest absolute Gasteiger partial charge is 0.331 e. The first-order valence-corrected chi connectivity index (χ1v) is 9.58. The molecule has 0 aromatic carbocycles. The van der Waals surface area contributed by atoms with Gasteiger partial charge in [0.05, 0.1) is 0 Å². The van der Waals surface area contributed by atoms with E-state index in [9.17, 15) is 9.59 Å². The topological polar surface area (TPSA) is 74.3 Å². The van der Waals surface area contributed by atoms with Gasteiger partial charge in [-0.3, -0.25) is 9.59 Å². The highest BCUT2D eigenvalue weighted by Gasteiger charge is 2.35. The van der Waals surface area contributed by atoms with Crippen molar-refractivity contribution in [3.05, 3.63) is 11.6 Å². The Labute approximate surface area is 138 Å². The summed E-state index contributed by atoms with van der Waals surface area (Å²) in [5.74, 6) is 2.03. The van der Waals surface area contributed by atoms with E-state index in [0.29, 0.717) is 18.1 Å². The predicted molar refractivity (Wildman–Crippen MR) is 89.2 cm³/mol. The average molecular weight is 340 g/mol. The molecular weight excluding hydrogens is 320 g/mol. The number of thiazole rings is 1. The first-order valence-electron chi connectivity index (χ1n) is 7.55. The maximum absolute atomic E-state index is 12.5. The molecule has 2 N–H and O–H groups in total. The van der Waals surface area contributed by atoms with Crippen molar-refractivity contribution in [2.24, 2.45) is 0 Å². The molecule has 2 fully saturated rings. The fourth-order valence-corrected chi connectivity index (χ4v) is 4.37. The maximum atomic E-state index is 12.5. The smallest absolute Gasteiger partial charge is 0.248 e. The summed E-state index contributed by atoms with van der Waals surface area (Å²) in [5, 5.41) is 8.60. The number of amides is 2. The van der Waals surface area contributed by atoms with E-state index in [0.717, 1.165) is 30.9 Å². The van der Waals surface area contributed by atoms with Gasteiger partial charge in [0.25, 0.3) is 0 Å². The molecule has 2 unspecified atom stereocenters. The number of carbonyl (C=O) groups excluding carboxylic acids is 2. The molecular formula is C14H20N4O2S2. The van der Waals surface area contributed by atoms with Gasteiger partial charge >= 0.3 is 0 Å². The molecule has 0 bridgehead atoms. The number of hydrogen-bond donors (Lipinski definition) is 2. The zero-order valence-corrected chi connectivity index (χ0v) is 13.9. The molecule has 1 aromatic heterocycles. The number of carbonyl (C=O) groups is 2. The van der Waals surface area contributed by atoms with Crippen LogP contribution in [0.25, 0.3) is 0 Å². The first kappa shape index (κ1) is 15.8. The minimum Gasteiger partial charge on any atom is -0.331 e. The Morgan fingerprint density at radius 1 is 1.50 bits per heavy atom. The second kappa shape index (κ2) is 7.43. The van der Waals surface area contributed by atoms with Gasteiger partial charge < -0.3 is 15.5 Å². The van der Waals surface area contributed by atoms with Crippen LogP contribution in [0.3, 0.4) is 0 Å². The van der Waals surface area contributed by atoms with Crippen LogP contribution in [0.15, 0.2) is 11.6 Å². The van der Waals surface area contributed by atoms with Crippen LogP contribution in [0.1, 0.15) is 19.3 Å². The summed E-state index contributed by atoms with van der Waals surface area (Å²) in [7, 11) is 0. The Morgan fingerprint density at radius 3 is 3.14 bits per heavy atom. The van der Waals surface area contributed by atoms with Crippen molar-refractivity contribution in [2.75, 3.05) is 29.9 Å². The van der Waals surface area contributed by atoms with Gasteiger partial charge in [-0.15, -0.1) is 11.3 Å². The third-order valence-corrected chi connectivity index (χ3v) is 5.78. The van der Waals surface area contributed by atoms with Gasteiger partial charge in [0.2, 0.25) is 11.8 Å². The third-order valence-electron chi connectivity index (χ3n) is 3.96. The summed E-state index contributed by atoms with van der Waals surface area (Å²) in [6.45, 7) is 1.63. The van der Waals surface area contributed by atoms with Crippen LogP contribution in [-0.4, -0.2) is 58.4 Å². The molecule has 6 nitrogen and oxygen atoms in total. The third kappa shape index (κ3) is 3.80. The van der Waals surface area contributed by atoms with Crippen LogP contribution in [0.2, 0.25) is 0 Å². The van der Waals surface area contributed by atoms with Crippen molar-refractivity contribution in [3.8, 4) is 0 Å². The molecule has 1 aromatic rings. The van der Waals surface area contributed by atoms with Crippen LogP contribution in [0, 0.1) is 0 Å². The monoisotopic (exact) mass is 340 g/mol. The van der Waals surface area contributed by atoms with Crippen molar-refractivity contribution in [2.45, 2.75) is 31.3 Å². The van der Waals surface area contributed by atoms with Crippen molar-refractivity contribution < 1.29 is 9.59 Å². The molecule has 2 aliphatic rings. The zero-order chi connectivity index (χ0) is 15.4. The lowest BCUT2D eigenvalue weighted by atomic mass is 10.1. The summed E-state index contributed by atoms with van der Waals surface area (Å²) in [6.07, 6.45) is 3.75. The zero-order valence-electron chi connectivity index (χ0n) is 12.3. The van der Waals surface area contributed by atoms with Crippen molar-refractivity contribution in [1.29, 1.82) is 0 Å². The van der Waals surface area contributed by atoms with Gasteiger partial charge in [0, 0.05) is 48.6 Å². The van der Waals surface area contributed by atoms with E-state index in [4.69, 9.17) is 0 Å². The highest BCUT2D eigenvalue weighted by Crippen LogP contribution is 2.22. The molecule has 2 aliphatic heterocycles. The van der Waals surface area contributed by atoms with Gasteiger partial charge in [-0.2, -0.15) is 11.8 Å². The van der Waals surface area contributed by atoms with E-state index >= 15 is 0 Å². The normalized spacial score (nSPS) is 25.2. The number of rotatable bonds is 4. The predicted octanol–water partition coefficient (Wildman–Crippen LogP) is 1.17. The van der Waals surface area contributed by atoms with Crippen LogP contribution in [0.5, 0.6) is 0 Å². The lowest BCUT2D eigenvalue weighted by Crippen LogP contribution is -2.47. The molecule has 22 heavy (non-hydrogen) atoms. The minimum atomic E-state index is -0.354.